The van der Waals surface area contributed by atoms with Crippen molar-refractivity contribution in [3.8, 4) is 5.75 Å². The summed E-state index contributed by atoms with van der Waals surface area (Å²) in [5.41, 5.74) is 6.96. The topological polar surface area (TPSA) is 122 Å². The van der Waals surface area contributed by atoms with Crippen LogP contribution in [0.2, 0.25) is 5.02 Å². The summed E-state index contributed by atoms with van der Waals surface area (Å²) in [4.78, 5) is 41.1. The Labute approximate surface area is 189 Å². The van der Waals surface area contributed by atoms with E-state index in [1.807, 2.05) is 30.3 Å². The van der Waals surface area contributed by atoms with Crippen LogP contribution < -0.4 is 31.9 Å². The Morgan fingerprint density at radius 1 is 1.25 bits per heavy atom. The molecule has 0 atom stereocenters. The molecule has 3 rings (SSSR count). The molecular weight excluding hydrogens is 434 g/mol. The Balaban J connectivity index is 1.85. The number of aryl methyl sites for hydroxylation is 1. The number of halogens is 1. The van der Waals surface area contributed by atoms with Gasteiger partial charge in [0.2, 0.25) is 5.91 Å². The fourth-order valence-corrected chi connectivity index (χ4v) is 3.44. The third-order valence-corrected chi connectivity index (χ3v) is 5.32. The first-order valence-corrected chi connectivity index (χ1v) is 10.1. The maximum Gasteiger partial charge on any atom is 0.330 e. The molecule has 0 aliphatic carbocycles. The van der Waals surface area contributed by atoms with Crippen molar-refractivity contribution in [2.45, 2.75) is 13.5 Å². The molecule has 10 heteroatoms. The molecule has 0 radical (unpaired) electrons. The van der Waals surface area contributed by atoms with Gasteiger partial charge in [0, 0.05) is 18.1 Å². The van der Waals surface area contributed by atoms with E-state index in [2.05, 4.69) is 10.3 Å². The third-order valence-electron chi connectivity index (χ3n) is 4.91. The molecule has 1 amide bonds. The number of hydrogen-bond donors (Lipinski definition) is 3. The zero-order valence-corrected chi connectivity index (χ0v) is 18.7. The smallest absolute Gasteiger partial charge is 0.330 e. The van der Waals surface area contributed by atoms with Crippen molar-refractivity contribution in [1.82, 2.24) is 9.55 Å². The number of benzene rings is 2. The minimum absolute atomic E-state index is 0.0231. The lowest BCUT2D eigenvalue weighted by atomic mass is 10.2. The predicted octanol–water partition coefficient (Wildman–Crippen LogP) is 2.21. The molecule has 1 heterocycles. The molecule has 0 saturated carbocycles. The zero-order valence-electron chi connectivity index (χ0n) is 17.9. The number of nitrogens with two attached hydrogens (primary N) is 1. The quantitative estimate of drug-likeness (QED) is 0.500. The number of aromatic nitrogens is 2. The first-order valence-electron chi connectivity index (χ1n) is 9.73. The van der Waals surface area contributed by atoms with Gasteiger partial charge in [-0.1, -0.05) is 41.9 Å². The number of amides is 1. The van der Waals surface area contributed by atoms with Crippen molar-refractivity contribution in [2.24, 2.45) is 0 Å². The summed E-state index contributed by atoms with van der Waals surface area (Å²) in [6.45, 7) is 1.79. The van der Waals surface area contributed by atoms with Crippen molar-refractivity contribution in [3.63, 3.8) is 0 Å². The molecule has 2 aromatic carbocycles. The zero-order chi connectivity index (χ0) is 23.4. The van der Waals surface area contributed by atoms with Gasteiger partial charge in [-0.25, -0.2) is 4.79 Å². The molecule has 0 fully saturated rings. The average molecular weight is 458 g/mol. The van der Waals surface area contributed by atoms with Gasteiger partial charge in [0.25, 0.3) is 5.56 Å². The number of nitrogens with zero attached hydrogens (tertiary/aromatic N) is 2. The highest BCUT2D eigenvalue weighted by atomic mass is 35.5. The van der Waals surface area contributed by atoms with Crippen LogP contribution in [0.15, 0.2) is 52.1 Å². The van der Waals surface area contributed by atoms with Crippen LogP contribution in [0.1, 0.15) is 11.1 Å². The van der Waals surface area contributed by atoms with Crippen molar-refractivity contribution in [2.75, 3.05) is 36.7 Å². The SMILES string of the molecule is COc1cc(Cl)c(C)cc1NC(=O)CN(C)c1c(N)n(Cc2ccccc2)c(=O)[nH]c1=O. The van der Waals surface area contributed by atoms with Crippen LogP contribution in [0.4, 0.5) is 17.2 Å². The highest BCUT2D eigenvalue weighted by molar-refractivity contribution is 6.31. The first-order chi connectivity index (χ1) is 15.2. The van der Waals surface area contributed by atoms with Gasteiger partial charge in [-0.05, 0) is 24.1 Å². The minimum atomic E-state index is -0.674. The number of hydrogen-bond acceptors (Lipinski definition) is 6. The average Bonchev–Trinajstić information content (AvgIpc) is 2.74. The van der Waals surface area contributed by atoms with Gasteiger partial charge in [0.15, 0.2) is 0 Å². The van der Waals surface area contributed by atoms with Crippen molar-refractivity contribution >= 4 is 34.7 Å². The molecule has 4 N–H and O–H groups in total. The number of ether oxygens (including phenoxy) is 1. The first kappa shape index (κ1) is 23.0. The molecule has 9 nitrogen and oxygen atoms in total. The largest absolute Gasteiger partial charge is 0.495 e. The van der Waals surface area contributed by atoms with Crippen molar-refractivity contribution in [1.29, 1.82) is 0 Å². The van der Waals surface area contributed by atoms with E-state index in [4.69, 9.17) is 22.1 Å². The van der Waals surface area contributed by atoms with Gasteiger partial charge in [0.1, 0.15) is 17.3 Å². The number of likely N-dealkylation sites (N-methyl/N-ethyl adjacent to an activating group) is 1. The minimum Gasteiger partial charge on any atom is -0.495 e. The maximum atomic E-state index is 12.7. The van der Waals surface area contributed by atoms with Gasteiger partial charge >= 0.3 is 5.69 Å². The number of carbonyl (C=O) groups excluding carboxylic acids is 1. The van der Waals surface area contributed by atoms with E-state index in [0.29, 0.717) is 16.5 Å². The highest BCUT2D eigenvalue weighted by Gasteiger charge is 2.19. The number of nitrogens with one attached hydrogen (secondary N) is 2. The molecule has 3 aromatic rings. The summed E-state index contributed by atoms with van der Waals surface area (Å²) >= 11 is 6.11. The molecule has 32 heavy (non-hydrogen) atoms. The van der Waals surface area contributed by atoms with Crippen molar-refractivity contribution in [3.05, 3.63) is 79.5 Å². The number of carbonyl (C=O) groups is 1. The summed E-state index contributed by atoms with van der Waals surface area (Å²) in [6.07, 6.45) is 0. The van der Waals surface area contributed by atoms with Crippen LogP contribution in [0.3, 0.4) is 0 Å². The third kappa shape index (κ3) is 4.94. The second-order valence-corrected chi connectivity index (χ2v) is 7.68. The second-order valence-electron chi connectivity index (χ2n) is 7.27. The lowest BCUT2D eigenvalue weighted by Crippen LogP contribution is -2.39. The molecule has 1 aromatic heterocycles. The van der Waals surface area contributed by atoms with Crippen LogP contribution in [0.5, 0.6) is 5.75 Å². The van der Waals surface area contributed by atoms with E-state index in [0.717, 1.165) is 11.1 Å². The van der Waals surface area contributed by atoms with Gasteiger partial charge in [-0.3, -0.25) is 19.1 Å². The van der Waals surface area contributed by atoms with Crippen LogP contribution >= 0.6 is 11.6 Å². The number of H-pyrrole nitrogens is 1. The maximum absolute atomic E-state index is 12.7. The summed E-state index contributed by atoms with van der Waals surface area (Å²) in [5.74, 6) is -0.0321. The number of aromatic amines is 1. The van der Waals surface area contributed by atoms with E-state index in [9.17, 15) is 14.4 Å². The van der Waals surface area contributed by atoms with Gasteiger partial charge in [-0.2, -0.15) is 0 Å². The van der Waals surface area contributed by atoms with Crippen molar-refractivity contribution < 1.29 is 9.53 Å². The second kappa shape index (κ2) is 9.61. The van der Waals surface area contributed by atoms with Crippen LogP contribution in [0, 0.1) is 6.92 Å². The molecule has 168 valence electrons. The van der Waals surface area contributed by atoms with E-state index in [-0.39, 0.29) is 24.6 Å². The number of methoxy groups -OCH3 is 1. The Bertz CT molecular complexity index is 1250. The fraction of sp³-hybridized carbons (Fsp3) is 0.227. The molecule has 0 saturated heterocycles. The lowest BCUT2D eigenvalue weighted by molar-refractivity contribution is -0.114. The van der Waals surface area contributed by atoms with E-state index < -0.39 is 17.2 Å². The Hall–Kier alpha value is -3.72. The Morgan fingerprint density at radius 2 is 1.94 bits per heavy atom. The monoisotopic (exact) mass is 457 g/mol. The summed E-state index contributed by atoms with van der Waals surface area (Å²) in [5, 5.41) is 3.26. The fourth-order valence-electron chi connectivity index (χ4n) is 3.28. The van der Waals surface area contributed by atoms with Gasteiger partial charge in [0.05, 0.1) is 25.9 Å². The Kier molecular flexibility index (Phi) is 6.89. The van der Waals surface area contributed by atoms with Gasteiger partial charge in [-0.15, -0.1) is 0 Å². The van der Waals surface area contributed by atoms with E-state index in [1.54, 1.807) is 26.1 Å². The van der Waals surface area contributed by atoms with Crippen LogP contribution in [-0.4, -0.2) is 36.2 Å². The molecule has 0 aliphatic rings. The molecule has 0 aliphatic heterocycles. The summed E-state index contributed by atoms with van der Waals surface area (Å²) < 4.78 is 6.53. The number of nitrogen functional groups attached to an aromatic ring is 1. The van der Waals surface area contributed by atoms with E-state index >= 15 is 0 Å². The number of anilines is 3. The Morgan fingerprint density at radius 3 is 2.59 bits per heavy atom. The number of rotatable bonds is 7. The summed E-state index contributed by atoms with van der Waals surface area (Å²) in [6, 6.07) is 12.5. The highest BCUT2D eigenvalue weighted by Crippen LogP contribution is 2.31. The normalized spacial score (nSPS) is 10.6. The van der Waals surface area contributed by atoms with E-state index in [1.165, 1.54) is 16.6 Å². The lowest BCUT2D eigenvalue weighted by Gasteiger charge is -2.22. The molecular formula is C22H24ClN5O4. The summed E-state index contributed by atoms with van der Waals surface area (Å²) in [7, 11) is 3.02. The standard InChI is InChI=1S/C22H24ClN5O4/c1-13-9-16(17(32-3)10-15(13)23)25-18(29)12-27(2)19-20(24)28(22(31)26-21(19)30)11-14-7-5-4-6-8-14/h4-10H,11-12,24H2,1-3H3,(H,25,29)(H,26,30,31). The van der Waals surface area contributed by atoms with Crippen LogP contribution in [-0.2, 0) is 11.3 Å². The van der Waals surface area contributed by atoms with Gasteiger partial charge < -0.3 is 20.7 Å². The predicted molar refractivity (Wildman–Crippen MR) is 126 cm³/mol. The molecule has 0 bridgehead atoms. The molecule has 0 spiro atoms. The van der Waals surface area contributed by atoms with Crippen LogP contribution in [0.25, 0.3) is 0 Å². The molecule has 0 unspecified atom stereocenters.